The van der Waals surface area contributed by atoms with Crippen LogP contribution in [0.25, 0.3) is 0 Å². The Balaban J connectivity index is 1.72. The van der Waals surface area contributed by atoms with Gasteiger partial charge in [0.1, 0.15) is 0 Å². The van der Waals surface area contributed by atoms with Gasteiger partial charge in [-0.1, -0.05) is 12.1 Å². The highest BCUT2D eigenvalue weighted by Gasteiger charge is 2.26. The van der Waals surface area contributed by atoms with Crippen LogP contribution in [0, 0.1) is 0 Å². The molecule has 2 aromatic rings. The van der Waals surface area contributed by atoms with Gasteiger partial charge in [0.15, 0.2) is 11.5 Å². The van der Waals surface area contributed by atoms with E-state index in [1.54, 1.807) is 25.1 Å². The Bertz CT molecular complexity index is 1030. The van der Waals surface area contributed by atoms with E-state index in [4.69, 9.17) is 9.47 Å². The molecule has 0 atom stereocenters. The van der Waals surface area contributed by atoms with Gasteiger partial charge in [0.25, 0.3) is 5.91 Å². The number of carbonyl (C=O) groups is 1. The Morgan fingerprint density at radius 3 is 2.73 bits per heavy atom. The minimum absolute atomic E-state index is 0.0306. The maximum atomic E-state index is 12.8. The standard InChI is InChI=1S/C20H23N3O6S/c1-2-29-18-8-4-6-16(19(18)24)14-21-22-20(25)15-5-3-7-17(13-15)30(26,27)23-9-11-28-12-10-23/h3-8,13-14,24H,2,9-12H2,1H3,(H,22,25)/b21-14+. The fourth-order valence-electron chi connectivity index (χ4n) is 2.87. The second kappa shape index (κ2) is 9.70. The fraction of sp³-hybridized carbons (Fsp3) is 0.300. The van der Waals surface area contributed by atoms with Crippen molar-refractivity contribution in [2.75, 3.05) is 32.9 Å². The normalized spacial score (nSPS) is 15.2. The molecule has 2 N–H and O–H groups in total. The lowest BCUT2D eigenvalue weighted by atomic mass is 10.2. The van der Waals surface area contributed by atoms with E-state index in [0.29, 0.717) is 31.1 Å². The molecule has 1 aliphatic rings. The smallest absolute Gasteiger partial charge is 0.271 e. The Morgan fingerprint density at radius 1 is 1.27 bits per heavy atom. The van der Waals surface area contributed by atoms with Crippen LogP contribution in [0.2, 0.25) is 0 Å². The molecule has 0 saturated carbocycles. The second-order valence-corrected chi connectivity index (χ2v) is 8.31. The minimum Gasteiger partial charge on any atom is -0.504 e. The summed E-state index contributed by atoms with van der Waals surface area (Å²) in [6.45, 7) is 3.42. The number of ether oxygens (including phenoxy) is 2. The van der Waals surface area contributed by atoms with Crippen LogP contribution in [0.3, 0.4) is 0 Å². The SMILES string of the molecule is CCOc1cccc(/C=N/NC(=O)c2cccc(S(=O)(=O)N3CCOCC3)c2)c1O. The highest BCUT2D eigenvalue weighted by Crippen LogP contribution is 2.28. The quantitative estimate of drug-likeness (QED) is 0.506. The van der Waals surface area contributed by atoms with Crippen LogP contribution in [0.15, 0.2) is 52.5 Å². The topological polar surface area (TPSA) is 118 Å². The zero-order valence-electron chi connectivity index (χ0n) is 16.4. The Morgan fingerprint density at radius 2 is 2.00 bits per heavy atom. The van der Waals surface area contributed by atoms with Crippen LogP contribution < -0.4 is 10.2 Å². The van der Waals surface area contributed by atoms with Crippen LogP contribution in [-0.2, 0) is 14.8 Å². The molecule has 1 amide bonds. The Kier molecular flexibility index (Phi) is 7.03. The van der Waals surface area contributed by atoms with E-state index in [0.717, 1.165) is 0 Å². The molecule has 0 aliphatic carbocycles. The van der Waals surface area contributed by atoms with Crippen LogP contribution in [0.4, 0.5) is 0 Å². The number of carbonyl (C=O) groups excluding carboxylic acids is 1. The van der Waals surface area contributed by atoms with Gasteiger partial charge in [-0.25, -0.2) is 13.8 Å². The first-order valence-electron chi connectivity index (χ1n) is 9.39. The third kappa shape index (κ3) is 4.96. The van der Waals surface area contributed by atoms with E-state index >= 15 is 0 Å². The maximum Gasteiger partial charge on any atom is 0.271 e. The molecule has 9 nitrogen and oxygen atoms in total. The van der Waals surface area contributed by atoms with Gasteiger partial charge in [-0.15, -0.1) is 0 Å². The molecule has 1 fully saturated rings. The molecule has 0 radical (unpaired) electrons. The molecule has 0 unspecified atom stereocenters. The second-order valence-electron chi connectivity index (χ2n) is 6.37. The molecule has 10 heteroatoms. The summed E-state index contributed by atoms with van der Waals surface area (Å²) in [5, 5.41) is 14.0. The summed E-state index contributed by atoms with van der Waals surface area (Å²) >= 11 is 0. The first kappa shape index (κ1) is 21.8. The number of benzene rings is 2. The summed E-state index contributed by atoms with van der Waals surface area (Å²) < 4.78 is 37.3. The lowest BCUT2D eigenvalue weighted by molar-refractivity contribution is 0.0730. The number of para-hydroxylation sites is 1. The highest BCUT2D eigenvalue weighted by atomic mass is 32.2. The molecule has 1 aliphatic heterocycles. The van der Waals surface area contributed by atoms with Gasteiger partial charge >= 0.3 is 0 Å². The van der Waals surface area contributed by atoms with E-state index in [1.165, 1.54) is 34.8 Å². The predicted octanol–water partition coefficient (Wildman–Crippen LogP) is 1.58. The predicted molar refractivity (Wildman–Crippen MR) is 110 cm³/mol. The summed E-state index contributed by atoms with van der Waals surface area (Å²) in [7, 11) is -3.71. The number of nitrogens with one attached hydrogen (secondary N) is 1. The van der Waals surface area contributed by atoms with E-state index in [-0.39, 0.29) is 29.3 Å². The number of hydrogen-bond donors (Lipinski definition) is 2. The first-order valence-corrected chi connectivity index (χ1v) is 10.8. The summed E-state index contributed by atoms with van der Waals surface area (Å²) in [6.07, 6.45) is 1.28. The van der Waals surface area contributed by atoms with Crippen LogP contribution in [0.5, 0.6) is 11.5 Å². The maximum absolute atomic E-state index is 12.8. The zero-order valence-corrected chi connectivity index (χ0v) is 17.3. The molecule has 1 saturated heterocycles. The van der Waals surface area contributed by atoms with Crippen molar-refractivity contribution in [1.82, 2.24) is 9.73 Å². The molecular weight excluding hydrogens is 410 g/mol. The van der Waals surface area contributed by atoms with Crippen LogP contribution in [0.1, 0.15) is 22.8 Å². The summed E-state index contributed by atoms with van der Waals surface area (Å²) in [5.41, 5.74) is 2.85. The third-order valence-electron chi connectivity index (χ3n) is 4.40. The number of hydrogen-bond acceptors (Lipinski definition) is 7. The number of sulfonamides is 1. The molecule has 3 rings (SSSR count). The lowest BCUT2D eigenvalue weighted by Gasteiger charge is -2.26. The molecule has 160 valence electrons. The summed E-state index contributed by atoms with van der Waals surface area (Å²) in [4.78, 5) is 12.4. The highest BCUT2D eigenvalue weighted by molar-refractivity contribution is 7.89. The van der Waals surface area contributed by atoms with Crippen molar-refractivity contribution in [2.45, 2.75) is 11.8 Å². The monoisotopic (exact) mass is 433 g/mol. The molecule has 30 heavy (non-hydrogen) atoms. The molecule has 0 aromatic heterocycles. The van der Waals surface area contributed by atoms with Gasteiger partial charge in [0.2, 0.25) is 10.0 Å². The van der Waals surface area contributed by atoms with Crippen molar-refractivity contribution in [1.29, 1.82) is 0 Å². The number of phenols is 1. The van der Waals surface area contributed by atoms with Crippen molar-refractivity contribution >= 4 is 22.1 Å². The Hall–Kier alpha value is -2.95. The van der Waals surface area contributed by atoms with Gasteiger partial charge in [0, 0.05) is 24.2 Å². The largest absolute Gasteiger partial charge is 0.504 e. The van der Waals surface area contributed by atoms with Gasteiger partial charge in [-0.2, -0.15) is 9.41 Å². The van der Waals surface area contributed by atoms with Gasteiger partial charge in [-0.3, -0.25) is 4.79 Å². The number of amides is 1. The molecule has 0 bridgehead atoms. The lowest BCUT2D eigenvalue weighted by Crippen LogP contribution is -2.40. The molecular formula is C20H23N3O6S. The van der Waals surface area contributed by atoms with Crippen molar-refractivity contribution in [3.05, 3.63) is 53.6 Å². The third-order valence-corrected chi connectivity index (χ3v) is 6.30. The first-order chi connectivity index (χ1) is 14.4. The van der Waals surface area contributed by atoms with E-state index in [2.05, 4.69) is 10.5 Å². The minimum atomic E-state index is -3.71. The van der Waals surface area contributed by atoms with Crippen molar-refractivity contribution in [3.8, 4) is 11.5 Å². The van der Waals surface area contributed by atoms with Crippen molar-refractivity contribution in [3.63, 3.8) is 0 Å². The summed E-state index contributed by atoms with van der Waals surface area (Å²) in [5.74, 6) is -0.351. The van der Waals surface area contributed by atoms with Crippen LogP contribution >= 0.6 is 0 Å². The number of rotatable bonds is 7. The number of hydrazone groups is 1. The number of aromatic hydroxyl groups is 1. The average Bonchev–Trinajstić information content (AvgIpc) is 2.77. The Labute approximate surface area is 175 Å². The molecule has 0 spiro atoms. The number of nitrogens with zero attached hydrogens (tertiary/aromatic N) is 2. The average molecular weight is 433 g/mol. The fourth-order valence-corrected chi connectivity index (χ4v) is 4.33. The van der Waals surface area contributed by atoms with E-state index in [9.17, 15) is 18.3 Å². The van der Waals surface area contributed by atoms with E-state index < -0.39 is 15.9 Å². The van der Waals surface area contributed by atoms with Crippen molar-refractivity contribution < 1.29 is 27.8 Å². The zero-order chi connectivity index (χ0) is 21.6. The van der Waals surface area contributed by atoms with Gasteiger partial charge in [-0.05, 0) is 37.3 Å². The van der Waals surface area contributed by atoms with E-state index in [1.807, 2.05) is 0 Å². The van der Waals surface area contributed by atoms with Crippen molar-refractivity contribution in [2.24, 2.45) is 5.10 Å². The van der Waals surface area contributed by atoms with Crippen LogP contribution in [-0.4, -0.2) is 62.9 Å². The summed E-state index contributed by atoms with van der Waals surface area (Å²) in [6, 6.07) is 10.7. The molecule has 1 heterocycles. The molecule has 2 aromatic carbocycles. The van der Waals surface area contributed by atoms with Gasteiger partial charge in [0.05, 0.1) is 30.9 Å². The number of morpholine rings is 1. The number of phenolic OH excluding ortho intramolecular Hbond substituents is 1. The van der Waals surface area contributed by atoms with Gasteiger partial charge < -0.3 is 14.6 Å².